The molecular formula is C22H20N2O8. The molecule has 2 aliphatic carbocycles. The van der Waals surface area contributed by atoms with Crippen LogP contribution in [0.1, 0.15) is 26.7 Å². The largest absolute Gasteiger partial charge is 0.455 e. The first-order valence-corrected chi connectivity index (χ1v) is 11.1. The summed E-state index contributed by atoms with van der Waals surface area (Å²) >= 11 is 0. The molecule has 0 aromatic carbocycles. The Bertz CT molecular complexity index is 1060. The zero-order valence-corrected chi connectivity index (χ0v) is 17.3. The predicted octanol–water partition coefficient (Wildman–Crippen LogP) is -0.619. The number of amides is 2. The van der Waals surface area contributed by atoms with Crippen molar-refractivity contribution < 1.29 is 38.1 Å². The van der Waals surface area contributed by atoms with Gasteiger partial charge in [-0.15, -0.1) is 0 Å². The van der Waals surface area contributed by atoms with E-state index < -0.39 is 47.1 Å². The van der Waals surface area contributed by atoms with Crippen LogP contribution >= 0.6 is 0 Å². The fraction of sp³-hybridized carbons (Fsp3) is 0.636. The van der Waals surface area contributed by atoms with Crippen molar-refractivity contribution >= 4 is 23.8 Å². The van der Waals surface area contributed by atoms with Crippen molar-refractivity contribution in [3.63, 3.8) is 0 Å². The highest BCUT2D eigenvalue weighted by Gasteiger charge is 2.87. The maximum atomic E-state index is 13.7. The number of ether oxygens (including phenoxy) is 4. The first-order valence-electron chi connectivity index (χ1n) is 11.1. The molecule has 0 aromatic rings. The number of rotatable bonds is 2. The van der Waals surface area contributed by atoms with Crippen LogP contribution in [-0.2, 0) is 38.1 Å². The Kier molecular flexibility index (Phi) is 2.75. The van der Waals surface area contributed by atoms with E-state index in [1.54, 1.807) is 9.80 Å². The molecule has 166 valence electrons. The van der Waals surface area contributed by atoms with Crippen molar-refractivity contribution in [3.05, 3.63) is 23.5 Å². The fourth-order valence-corrected chi connectivity index (χ4v) is 7.97. The molecule has 10 nitrogen and oxygen atoms in total. The van der Waals surface area contributed by atoms with Crippen LogP contribution in [0, 0.1) is 10.8 Å². The lowest BCUT2D eigenvalue weighted by Gasteiger charge is -2.50. The molecule has 10 heteroatoms. The molecule has 0 saturated carbocycles. The summed E-state index contributed by atoms with van der Waals surface area (Å²) in [5.41, 5.74) is 0.214. The summed E-state index contributed by atoms with van der Waals surface area (Å²) in [6.07, 6.45) is 2.23. The number of epoxide rings is 2. The molecule has 10 unspecified atom stereocenters. The smallest absolute Gasteiger partial charge is 0.303 e. The molecule has 0 N–H and O–H groups in total. The van der Waals surface area contributed by atoms with Gasteiger partial charge in [0.2, 0.25) is 0 Å². The lowest BCUT2D eigenvalue weighted by molar-refractivity contribution is -0.154. The quantitative estimate of drug-likeness (QED) is 0.412. The predicted molar refractivity (Wildman–Crippen MR) is 100.0 cm³/mol. The van der Waals surface area contributed by atoms with Gasteiger partial charge in [0, 0.05) is 25.2 Å². The number of nitrogens with zero attached hydrogens (tertiary/aromatic N) is 2. The fourth-order valence-electron chi connectivity index (χ4n) is 7.97. The standard InChI is InChI=1S/C22H20N2O8/c1-7(25)29-11-3-13-21(17-15(11)31-17)5-9-20(28)24-10(19(27)23(9)13)6-22(21)14(24)4-12(30-8(2)26)16-18(22)32-16/h3-4,9-12,15-18H,5-6H2,1-2H3. The van der Waals surface area contributed by atoms with Gasteiger partial charge < -0.3 is 28.7 Å². The Morgan fingerprint density at radius 2 is 1.25 bits per heavy atom. The third kappa shape index (κ3) is 1.61. The molecule has 7 aliphatic heterocycles. The molecule has 7 saturated heterocycles. The Balaban J connectivity index is 1.39. The summed E-state index contributed by atoms with van der Waals surface area (Å²) < 4.78 is 23.3. The second kappa shape index (κ2) is 4.94. The second-order valence-corrected chi connectivity index (χ2v) is 10.1. The summed E-state index contributed by atoms with van der Waals surface area (Å²) in [5.74, 6) is -1.07. The number of carbonyl (C=O) groups is 4. The minimum Gasteiger partial charge on any atom is -0.455 e. The topological polar surface area (TPSA) is 118 Å². The highest BCUT2D eigenvalue weighted by molar-refractivity contribution is 6.03. The van der Waals surface area contributed by atoms with Gasteiger partial charge in [-0.25, -0.2) is 0 Å². The van der Waals surface area contributed by atoms with Gasteiger partial charge in [0.1, 0.15) is 36.5 Å². The molecule has 2 spiro atoms. The molecule has 6 bridgehead atoms. The average Bonchev–Trinajstić information content (AvgIpc) is 3.62. The first-order chi connectivity index (χ1) is 15.3. The van der Waals surface area contributed by atoms with Crippen LogP contribution in [0.25, 0.3) is 0 Å². The molecule has 9 rings (SSSR count). The van der Waals surface area contributed by atoms with Gasteiger partial charge in [-0.2, -0.15) is 0 Å². The summed E-state index contributed by atoms with van der Waals surface area (Å²) in [5, 5.41) is 0. The molecule has 10 atom stereocenters. The number of hydrogen-bond donors (Lipinski definition) is 0. The molecular weight excluding hydrogens is 420 g/mol. The van der Waals surface area contributed by atoms with Gasteiger partial charge >= 0.3 is 11.9 Å². The van der Waals surface area contributed by atoms with E-state index in [0.717, 1.165) is 11.4 Å². The normalized spacial score (nSPS) is 51.8. The Morgan fingerprint density at radius 1 is 0.844 bits per heavy atom. The summed E-state index contributed by atoms with van der Waals surface area (Å²) in [6.45, 7) is 2.70. The first kappa shape index (κ1) is 17.8. The van der Waals surface area contributed by atoms with Crippen LogP contribution in [0.5, 0.6) is 0 Å². The van der Waals surface area contributed by atoms with Crippen molar-refractivity contribution in [2.75, 3.05) is 0 Å². The SMILES string of the molecule is CC(=O)OC1C=C2N3C(=O)C4CC56C(=CC(OC(C)=O)C7OC75)N4C(=O)C3CC26C2OC12. The van der Waals surface area contributed by atoms with Gasteiger partial charge in [0.05, 0.1) is 10.8 Å². The summed E-state index contributed by atoms with van der Waals surface area (Å²) in [7, 11) is 0. The second-order valence-electron chi connectivity index (χ2n) is 10.1. The number of hydrogen-bond acceptors (Lipinski definition) is 8. The van der Waals surface area contributed by atoms with Gasteiger partial charge in [0.15, 0.2) is 12.2 Å². The van der Waals surface area contributed by atoms with E-state index in [-0.39, 0.29) is 36.2 Å². The molecule has 32 heavy (non-hydrogen) atoms. The van der Waals surface area contributed by atoms with Gasteiger partial charge in [0.25, 0.3) is 11.8 Å². The molecule has 7 heterocycles. The minimum atomic E-state index is -0.628. The van der Waals surface area contributed by atoms with Crippen LogP contribution in [0.4, 0.5) is 0 Å². The number of piperazine rings is 1. The van der Waals surface area contributed by atoms with Crippen LogP contribution in [0.2, 0.25) is 0 Å². The van der Waals surface area contributed by atoms with E-state index in [9.17, 15) is 19.2 Å². The van der Waals surface area contributed by atoms with Crippen molar-refractivity contribution in [2.24, 2.45) is 10.8 Å². The van der Waals surface area contributed by atoms with Crippen molar-refractivity contribution in [2.45, 2.75) is 75.4 Å². The van der Waals surface area contributed by atoms with E-state index in [1.165, 1.54) is 13.8 Å². The zero-order chi connectivity index (χ0) is 21.9. The van der Waals surface area contributed by atoms with Gasteiger partial charge in [-0.05, 0) is 25.0 Å². The minimum absolute atomic E-state index is 0.114. The van der Waals surface area contributed by atoms with E-state index in [1.807, 2.05) is 12.2 Å². The Labute approximate surface area is 182 Å². The lowest BCUT2D eigenvalue weighted by Crippen LogP contribution is -2.60. The van der Waals surface area contributed by atoms with Crippen LogP contribution < -0.4 is 0 Å². The summed E-state index contributed by atoms with van der Waals surface area (Å²) in [4.78, 5) is 54.0. The van der Waals surface area contributed by atoms with Crippen LogP contribution in [0.15, 0.2) is 23.5 Å². The van der Waals surface area contributed by atoms with E-state index in [4.69, 9.17) is 18.9 Å². The Morgan fingerprint density at radius 3 is 1.62 bits per heavy atom. The number of carbonyl (C=O) groups excluding carboxylic acids is 4. The number of esters is 2. The van der Waals surface area contributed by atoms with E-state index in [0.29, 0.717) is 12.8 Å². The molecule has 7 fully saturated rings. The Hall–Kier alpha value is -2.72. The number of fused-ring (bicyclic) bond motifs is 2. The molecule has 0 aromatic heterocycles. The van der Waals surface area contributed by atoms with Crippen molar-refractivity contribution in [1.29, 1.82) is 0 Å². The summed E-state index contributed by atoms with van der Waals surface area (Å²) in [6, 6.07) is -1.22. The zero-order valence-electron chi connectivity index (χ0n) is 17.3. The third-order valence-corrected chi connectivity index (χ3v) is 8.85. The highest BCUT2D eigenvalue weighted by Crippen LogP contribution is 2.78. The van der Waals surface area contributed by atoms with Crippen molar-refractivity contribution in [3.8, 4) is 0 Å². The van der Waals surface area contributed by atoms with Crippen LogP contribution in [-0.4, -0.2) is 82.3 Å². The van der Waals surface area contributed by atoms with Crippen molar-refractivity contribution in [1.82, 2.24) is 9.80 Å². The highest BCUT2D eigenvalue weighted by atomic mass is 16.6. The maximum absolute atomic E-state index is 13.7. The third-order valence-electron chi connectivity index (χ3n) is 8.85. The molecule has 2 amide bonds. The van der Waals surface area contributed by atoms with Gasteiger partial charge in [-0.3, -0.25) is 19.2 Å². The molecule has 0 radical (unpaired) electrons. The molecule has 9 aliphatic rings. The lowest BCUT2D eigenvalue weighted by atomic mass is 9.52. The van der Waals surface area contributed by atoms with Crippen LogP contribution in [0.3, 0.4) is 0 Å². The average molecular weight is 440 g/mol. The monoisotopic (exact) mass is 440 g/mol. The maximum Gasteiger partial charge on any atom is 0.303 e. The van der Waals surface area contributed by atoms with E-state index >= 15 is 0 Å². The van der Waals surface area contributed by atoms with E-state index in [2.05, 4.69) is 0 Å². The van der Waals surface area contributed by atoms with Gasteiger partial charge in [-0.1, -0.05) is 0 Å².